The second-order valence-electron chi connectivity index (χ2n) is 5.58. The zero-order valence-corrected chi connectivity index (χ0v) is 14.1. The van der Waals surface area contributed by atoms with Gasteiger partial charge in [0.2, 0.25) is 0 Å². The molecule has 0 saturated carbocycles. The molecule has 2 rings (SSSR count). The number of benzene rings is 2. The lowest BCUT2D eigenvalue weighted by Crippen LogP contribution is -2.32. The highest BCUT2D eigenvalue weighted by Gasteiger charge is 2.15. The molecule has 0 heterocycles. The molecule has 1 atom stereocenters. The van der Waals surface area contributed by atoms with E-state index in [0.717, 1.165) is 18.4 Å². The average Bonchev–Trinajstić information content (AvgIpc) is 2.66. The van der Waals surface area contributed by atoms with Gasteiger partial charge in [0.25, 0.3) is 5.91 Å². The Labute approximate surface area is 147 Å². The average molecular weight is 336 g/mol. The molecule has 1 N–H and O–H groups in total. The number of carbonyl (C=O) groups is 2. The number of esters is 1. The standard InChI is InChI=1S/C20H20N2O3/c1-2-6-18(16-7-4-3-5-8-16)22-19(23)14-25-20(24)17-11-9-15(13-21)10-12-17/h3-5,7-12,18H,2,6,14H2,1H3,(H,22,23)/t18-/m0/s1. The van der Waals surface area contributed by atoms with Crippen molar-refractivity contribution in [3.05, 3.63) is 71.3 Å². The van der Waals surface area contributed by atoms with E-state index in [0.29, 0.717) is 11.1 Å². The molecule has 0 bridgehead atoms. The third-order valence-electron chi connectivity index (χ3n) is 3.70. The van der Waals surface area contributed by atoms with Crippen molar-refractivity contribution >= 4 is 11.9 Å². The largest absolute Gasteiger partial charge is 0.452 e. The highest BCUT2D eigenvalue weighted by Crippen LogP contribution is 2.17. The van der Waals surface area contributed by atoms with Crippen LogP contribution in [0.4, 0.5) is 0 Å². The van der Waals surface area contributed by atoms with Gasteiger partial charge < -0.3 is 10.1 Å². The lowest BCUT2D eigenvalue weighted by molar-refractivity contribution is -0.125. The number of carbonyl (C=O) groups excluding carboxylic acids is 2. The fourth-order valence-corrected chi connectivity index (χ4v) is 2.43. The predicted octanol–water partition coefficient (Wildman–Crippen LogP) is 3.37. The van der Waals surface area contributed by atoms with Crippen LogP contribution in [0.5, 0.6) is 0 Å². The molecule has 0 radical (unpaired) electrons. The summed E-state index contributed by atoms with van der Waals surface area (Å²) in [4.78, 5) is 24.1. The van der Waals surface area contributed by atoms with Gasteiger partial charge in [-0.3, -0.25) is 4.79 Å². The summed E-state index contributed by atoms with van der Waals surface area (Å²) in [6.07, 6.45) is 1.73. The molecule has 0 unspecified atom stereocenters. The molecule has 0 saturated heterocycles. The van der Waals surface area contributed by atoms with Crippen LogP contribution in [0, 0.1) is 11.3 Å². The normalized spacial score (nSPS) is 11.2. The fraction of sp³-hybridized carbons (Fsp3) is 0.250. The molecule has 0 aromatic heterocycles. The van der Waals surface area contributed by atoms with Gasteiger partial charge in [-0.05, 0) is 36.2 Å². The molecule has 5 heteroatoms. The predicted molar refractivity (Wildman–Crippen MR) is 93.7 cm³/mol. The molecule has 2 aromatic rings. The van der Waals surface area contributed by atoms with Crippen molar-refractivity contribution in [3.63, 3.8) is 0 Å². The zero-order chi connectivity index (χ0) is 18.1. The molecule has 0 aliphatic carbocycles. The van der Waals surface area contributed by atoms with Crippen molar-refractivity contribution in [3.8, 4) is 6.07 Å². The Morgan fingerprint density at radius 3 is 2.40 bits per heavy atom. The van der Waals surface area contributed by atoms with Gasteiger partial charge in [0.1, 0.15) is 0 Å². The number of amides is 1. The Balaban J connectivity index is 1.90. The first-order valence-corrected chi connectivity index (χ1v) is 8.15. The minimum atomic E-state index is -0.591. The van der Waals surface area contributed by atoms with Crippen LogP contribution in [-0.4, -0.2) is 18.5 Å². The first kappa shape index (κ1) is 18.2. The summed E-state index contributed by atoms with van der Waals surface area (Å²) in [7, 11) is 0. The number of ether oxygens (including phenoxy) is 1. The minimum absolute atomic E-state index is 0.104. The first-order chi connectivity index (χ1) is 12.1. The maximum atomic E-state index is 12.1. The van der Waals surface area contributed by atoms with E-state index < -0.39 is 5.97 Å². The van der Waals surface area contributed by atoms with E-state index in [1.807, 2.05) is 43.3 Å². The summed E-state index contributed by atoms with van der Waals surface area (Å²) in [6.45, 7) is 1.71. The fourth-order valence-electron chi connectivity index (χ4n) is 2.43. The van der Waals surface area contributed by atoms with E-state index in [1.165, 1.54) is 24.3 Å². The zero-order valence-electron chi connectivity index (χ0n) is 14.1. The summed E-state index contributed by atoms with van der Waals surface area (Å²) in [5.41, 5.74) is 1.79. The first-order valence-electron chi connectivity index (χ1n) is 8.15. The number of hydrogen-bond acceptors (Lipinski definition) is 4. The van der Waals surface area contributed by atoms with E-state index in [1.54, 1.807) is 0 Å². The van der Waals surface area contributed by atoms with Crippen molar-refractivity contribution in [2.24, 2.45) is 0 Å². The van der Waals surface area contributed by atoms with Gasteiger partial charge >= 0.3 is 5.97 Å². The molecule has 0 aliphatic rings. The number of nitrogens with one attached hydrogen (secondary N) is 1. The molecule has 0 fully saturated rings. The van der Waals surface area contributed by atoms with E-state index >= 15 is 0 Å². The molecule has 128 valence electrons. The Morgan fingerprint density at radius 2 is 1.80 bits per heavy atom. The van der Waals surface area contributed by atoms with Gasteiger partial charge in [0, 0.05) is 0 Å². The lowest BCUT2D eigenvalue weighted by Gasteiger charge is -2.18. The maximum Gasteiger partial charge on any atom is 0.338 e. The molecule has 0 aliphatic heterocycles. The number of hydrogen-bond donors (Lipinski definition) is 1. The molecular weight excluding hydrogens is 316 g/mol. The summed E-state index contributed by atoms with van der Waals surface area (Å²) < 4.78 is 5.04. The van der Waals surface area contributed by atoms with Crippen molar-refractivity contribution in [1.82, 2.24) is 5.32 Å². The van der Waals surface area contributed by atoms with Crippen LogP contribution >= 0.6 is 0 Å². The van der Waals surface area contributed by atoms with Crippen LogP contribution in [0.1, 0.15) is 47.3 Å². The second kappa shape index (κ2) is 9.24. The molecule has 0 spiro atoms. The molecule has 1 amide bonds. The molecule has 2 aromatic carbocycles. The van der Waals surface area contributed by atoms with Gasteiger partial charge in [0.15, 0.2) is 6.61 Å². The maximum absolute atomic E-state index is 12.1. The summed E-state index contributed by atoms with van der Waals surface area (Å²) in [5, 5.41) is 11.6. The SMILES string of the molecule is CCC[C@H](NC(=O)COC(=O)c1ccc(C#N)cc1)c1ccccc1. The van der Waals surface area contributed by atoms with Gasteiger partial charge in [-0.2, -0.15) is 5.26 Å². The molecule has 5 nitrogen and oxygen atoms in total. The smallest absolute Gasteiger partial charge is 0.338 e. The highest BCUT2D eigenvalue weighted by atomic mass is 16.5. The minimum Gasteiger partial charge on any atom is -0.452 e. The Morgan fingerprint density at radius 1 is 1.12 bits per heavy atom. The molecular formula is C20H20N2O3. The van der Waals surface area contributed by atoms with E-state index in [2.05, 4.69) is 5.32 Å². The Bertz CT molecular complexity index is 749. The van der Waals surface area contributed by atoms with Crippen molar-refractivity contribution < 1.29 is 14.3 Å². The Kier molecular flexibility index (Phi) is 6.73. The Hall–Kier alpha value is -3.13. The quantitative estimate of drug-likeness (QED) is 0.786. The highest BCUT2D eigenvalue weighted by molar-refractivity contribution is 5.91. The summed E-state index contributed by atoms with van der Waals surface area (Å²) >= 11 is 0. The summed E-state index contributed by atoms with van der Waals surface area (Å²) in [5.74, 6) is -0.935. The van der Waals surface area contributed by atoms with Crippen LogP contribution in [0.2, 0.25) is 0 Å². The van der Waals surface area contributed by atoms with Crippen LogP contribution in [0.3, 0.4) is 0 Å². The third kappa shape index (κ3) is 5.47. The monoisotopic (exact) mass is 336 g/mol. The number of nitriles is 1. The molecule has 25 heavy (non-hydrogen) atoms. The summed E-state index contributed by atoms with van der Waals surface area (Å²) in [6, 6.07) is 17.6. The van der Waals surface area contributed by atoms with Gasteiger partial charge in [0.05, 0.1) is 23.2 Å². The van der Waals surface area contributed by atoms with E-state index in [-0.39, 0.29) is 18.6 Å². The van der Waals surface area contributed by atoms with Gasteiger partial charge in [-0.1, -0.05) is 43.7 Å². The number of nitrogens with zero attached hydrogens (tertiary/aromatic N) is 1. The van der Waals surface area contributed by atoms with E-state index in [9.17, 15) is 9.59 Å². The second-order valence-corrected chi connectivity index (χ2v) is 5.58. The van der Waals surface area contributed by atoms with Gasteiger partial charge in [-0.15, -0.1) is 0 Å². The van der Waals surface area contributed by atoms with E-state index in [4.69, 9.17) is 10.00 Å². The van der Waals surface area contributed by atoms with Crippen LogP contribution < -0.4 is 5.32 Å². The van der Waals surface area contributed by atoms with Crippen molar-refractivity contribution in [2.75, 3.05) is 6.61 Å². The van der Waals surface area contributed by atoms with Crippen LogP contribution in [-0.2, 0) is 9.53 Å². The topological polar surface area (TPSA) is 79.2 Å². The lowest BCUT2D eigenvalue weighted by atomic mass is 10.0. The third-order valence-corrected chi connectivity index (χ3v) is 3.70. The van der Waals surface area contributed by atoms with Crippen molar-refractivity contribution in [1.29, 1.82) is 5.26 Å². The van der Waals surface area contributed by atoms with Crippen LogP contribution in [0.15, 0.2) is 54.6 Å². The van der Waals surface area contributed by atoms with Crippen molar-refractivity contribution in [2.45, 2.75) is 25.8 Å². The van der Waals surface area contributed by atoms with Gasteiger partial charge in [-0.25, -0.2) is 4.79 Å². The number of rotatable bonds is 7. The van der Waals surface area contributed by atoms with Crippen LogP contribution in [0.25, 0.3) is 0 Å².